The Bertz CT molecular complexity index is 808. The SMILES string of the molecule is CS(=O)(=O)N1CCC(C(=O)NCCc2nnc(-c3cccs3)o2)CC1. The van der Waals surface area contributed by atoms with Gasteiger partial charge in [0.25, 0.3) is 5.89 Å². The molecule has 0 aliphatic carbocycles. The number of carbonyl (C=O) groups excluding carboxylic acids is 1. The lowest BCUT2D eigenvalue weighted by Crippen LogP contribution is -2.42. The van der Waals surface area contributed by atoms with E-state index in [2.05, 4.69) is 15.5 Å². The first-order valence-electron chi connectivity index (χ1n) is 8.02. The van der Waals surface area contributed by atoms with E-state index in [0.717, 1.165) is 4.88 Å². The molecule has 3 rings (SSSR count). The summed E-state index contributed by atoms with van der Waals surface area (Å²) in [5.74, 6) is 0.772. The summed E-state index contributed by atoms with van der Waals surface area (Å²) in [5.41, 5.74) is 0. The Morgan fingerprint density at radius 1 is 1.40 bits per heavy atom. The monoisotopic (exact) mass is 384 g/mol. The van der Waals surface area contributed by atoms with Crippen LogP contribution in [0.25, 0.3) is 10.8 Å². The van der Waals surface area contributed by atoms with E-state index in [9.17, 15) is 13.2 Å². The fourth-order valence-corrected chi connectivity index (χ4v) is 4.26. The number of hydrogen-bond acceptors (Lipinski definition) is 7. The van der Waals surface area contributed by atoms with Gasteiger partial charge in [-0.3, -0.25) is 4.79 Å². The summed E-state index contributed by atoms with van der Waals surface area (Å²) in [5, 5.41) is 12.8. The van der Waals surface area contributed by atoms with E-state index in [1.165, 1.54) is 21.9 Å². The zero-order chi connectivity index (χ0) is 17.9. The number of hydrogen-bond donors (Lipinski definition) is 1. The molecule has 0 spiro atoms. The minimum atomic E-state index is -3.17. The first kappa shape index (κ1) is 18.0. The van der Waals surface area contributed by atoms with Crippen LogP contribution >= 0.6 is 11.3 Å². The van der Waals surface area contributed by atoms with Crippen LogP contribution in [0.4, 0.5) is 0 Å². The van der Waals surface area contributed by atoms with Crippen LogP contribution in [0.15, 0.2) is 21.9 Å². The summed E-state index contributed by atoms with van der Waals surface area (Å²) < 4.78 is 30.0. The van der Waals surface area contributed by atoms with Crippen molar-refractivity contribution in [1.29, 1.82) is 0 Å². The smallest absolute Gasteiger partial charge is 0.257 e. The molecule has 0 atom stereocenters. The van der Waals surface area contributed by atoms with Crippen molar-refractivity contribution in [3.05, 3.63) is 23.4 Å². The number of piperidine rings is 1. The van der Waals surface area contributed by atoms with E-state index in [-0.39, 0.29) is 11.8 Å². The summed E-state index contributed by atoms with van der Waals surface area (Å²) in [4.78, 5) is 13.1. The second kappa shape index (κ2) is 7.63. The third kappa shape index (κ3) is 4.65. The van der Waals surface area contributed by atoms with Crippen LogP contribution in [-0.4, -0.2) is 54.7 Å². The highest BCUT2D eigenvalue weighted by molar-refractivity contribution is 7.88. The van der Waals surface area contributed by atoms with E-state index in [0.29, 0.717) is 50.7 Å². The van der Waals surface area contributed by atoms with Crippen LogP contribution in [0.5, 0.6) is 0 Å². The molecule has 0 radical (unpaired) electrons. The van der Waals surface area contributed by atoms with Crippen molar-refractivity contribution in [2.45, 2.75) is 19.3 Å². The van der Waals surface area contributed by atoms with Crippen LogP contribution < -0.4 is 5.32 Å². The molecule has 2 aromatic heterocycles. The van der Waals surface area contributed by atoms with Crippen LogP contribution in [0.2, 0.25) is 0 Å². The topological polar surface area (TPSA) is 105 Å². The van der Waals surface area contributed by atoms with Gasteiger partial charge in [-0.2, -0.15) is 0 Å². The minimum Gasteiger partial charge on any atom is -0.420 e. The highest BCUT2D eigenvalue weighted by Gasteiger charge is 2.28. The maximum atomic E-state index is 12.2. The van der Waals surface area contributed by atoms with Crippen molar-refractivity contribution in [3.63, 3.8) is 0 Å². The van der Waals surface area contributed by atoms with E-state index in [1.54, 1.807) is 0 Å². The molecule has 3 heterocycles. The number of nitrogens with one attached hydrogen (secondary N) is 1. The summed E-state index contributed by atoms with van der Waals surface area (Å²) in [6.45, 7) is 1.20. The number of rotatable bonds is 6. The van der Waals surface area contributed by atoms with Crippen LogP contribution in [0.1, 0.15) is 18.7 Å². The molecular weight excluding hydrogens is 364 g/mol. The standard InChI is InChI=1S/C15H20N4O4S2/c1-25(21,22)19-8-5-11(6-9-19)14(20)16-7-4-13-17-18-15(23-13)12-3-2-10-24-12/h2-3,10-11H,4-9H2,1H3,(H,16,20). The molecule has 8 nitrogen and oxygen atoms in total. The molecule has 1 aliphatic heterocycles. The van der Waals surface area contributed by atoms with Crippen molar-refractivity contribution < 1.29 is 17.6 Å². The highest BCUT2D eigenvalue weighted by Crippen LogP contribution is 2.23. The Labute approximate surface area is 150 Å². The van der Waals surface area contributed by atoms with E-state index in [1.807, 2.05) is 17.5 Å². The average molecular weight is 384 g/mol. The first-order chi connectivity index (χ1) is 11.9. The quantitative estimate of drug-likeness (QED) is 0.800. The van der Waals surface area contributed by atoms with Crippen molar-refractivity contribution in [2.75, 3.05) is 25.9 Å². The van der Waals surface area contributed by atoms with Crippen LogP contribution in [0.3, 0.4) is 0 Å². The number of amides is 1. The predicted molar refractivity (Wildman–Crippen MR) is 93.5 cm³/mol. The van der Waals surface area contributed by atoms with Gasteiger partial charge in [0, 0.05) is 32.0 Å². The molecule has 0 aromatic carbocycles. The molecule has 1 N–H and O–H groups in total. The van der Waals surface area contributed by atoms with Gasteiger partial charge in [-0.1, -0.05) is 6.07 Å². The third-order valence-electron chi connectivity index (χ3n) is 4.13. The lowest BCUT2D eigenvalue weighted by molar-refractivity contribution is -0.126. The molecule has 0 unspecified atom stereocenters. The Hall–Kier alpha value is -1.78. The largest absolute Gasteiger partial charge is 0.420 e. The number of aromatic nitrogens is 2. The van der Waals surface area contributed by atoms with Gasteiger partial charge < -0.3 is 9.73 Å². The minimum absolute atomic E-state index is 0.0499. The normalized spacial score (nSPS) is 16.8. The Morgan fingerprint density at radius 2 is 2.16 bits per heavy atom. The second-order valence-corrected chi connectivity index (χ2v) is 8.89. The van der Waals surface area contributed by atoms with Crippen molar-refractivity contribution in [3.8, 4) is 10.8 Å². The number of nitrogens with zero attached hydrogens (tertiary/aromatic N) is 3. The maximum absolute atomic E-state index is 12.2. The maximum Gasteiger partial charge on any atom is 0.257 e. The molecule has 0 saturated carbocycles. The molecule has 136 valence electrons. The van der Waals surface area contributed by atoms with Gasteiger partial charge in [0.15, 0.2) is 0 Å². The van der Waals surface area contributed by atoms with Crippen molar-refractivity contribution >= 4 is 27.3 Å². The van der Waals surface area contributed by atoms with Crippen molar-refractivity contribution in [1.82, 2.24) is 19.8 Å². The fourth-order valence-electron chi connectivity index (χ4n) is 2.74. The zero-order valence-electron chi connectivity index (χ0n) is 13.8. The molecule has 0 bridgehead atoms. The zero-order valence-corrected chi connectivity index (χ0v) is 15.5. The van der Waals surface area contributed by atoms with Gasteiger partial charge >= 0.3 is 0 Å². The first-order valence-corrected chi connectivity index (χ1v) is 10.8. The number of carbonyl (C=O) groups is 1. The van der Waals surface area contributed by atoms with Crippen molar-refractivity contribution in [2.24, 2.45) is 5.92 Å². The lowest BCUT2D eigenvalue weighted by atomic mass is 9.97. The number of sulfonamides is 1. The fraction of sp³-hybridized carbons (Fsp3) is 0.533. The Morgan fingerprint density at radius 3 is 2.80 bits per heavy atom. The number of thiophene rings is 1. The highest BCUT2D eigenvalue weighted by atomic mass is 32.2. The van der Waals surface area contributed by atoms with Gasteiger partial charge in [-0.05, 0) is 24.3 Å². The summed E-state index contributed by atoms with van der Waals surface area (Å²) in [6, 6.07) is 3.83. The molecule has 2 aromatic rings. The molecular formula is C15H20N4O4S2. The molecule has 25 heavy (non-hydrogen) atoms. The summed E-state index contributed by atoms with van der Waals surface area (Å²) in [6.07, 6.45) is 2.75. The van der Waals surface area contributed by atoms with Gasteiger partial charge in [0.05, 0.1) is 11.1 Å². The molecule has 10 heteroatoms. The third-order valence-corrected chi connectivity index (χ3v) is 6.29. The molecule has 1 amide bonds. The lowest BCUT2D eigenvalue weighted by Gasteiger charge is -2.29. The predicted octanol–water partition coefficient (Wildman–Crippen LogP) is 1.13. The van der Waals surface area contributed by atoms with Gasteiger partial charge in [0.1, 0.15) is 0 Å². The van der Waals surface area contributed by atoms with E-state index < -0.39 is 10.0 Å². The average Bonchev–Trinajstić information content (AvgIpc) is 3.25. The van der Waals surface area contributed by atoms with Crippen LogP contribution in [0, 0.1) is 5.92 Å². The van der Waals surface area contributed by atoms with Gasteiger partial charge in [-0.15, -0.1) is 21.5 Å². The van der Waals surface area contributed by atoms with Gasteiger partial charge in [0.2, 0.25) is 21.8 Å². The van der Waals surface area contributed by atoms with Crippen LogP contribution in [-0.2, 0) is 21.2 Å². The molecule has 1 aliphatic rings. The molecule has 1 saturated heterocycles. The summed E-state index contributed by atoms with van der Waals surface area (Å²) >= 11 is 1.53. The Balaban J connectivity index is 1.43. The Kier molecular flexibility index (Phi) is 5.50. The van der Waals surface area contributed by atoms with Gasteiger partial charge in [-0.25, -0.2) is 12.7 Å². The summed E-state index contributed by atoms with van der Waals surface area (Å²) in [7, 11) is -3.17. The van der Waals surface area contributed by atoms with E-state index in [4.69, 9.17) is 4.42 Å². The second-order valence-electron chi connectivity index (χ2n) is 5.96. The molecule has 1 fully saturated rings. The van der Waals surface area contributed by atoms with E-state index >= 15 is 0 Å².